The molecule has 1 unspecified atom stereocenters. The lowest BCUT2D eigenvalue weighted by molar-refractivity contribution is -0.138. The molecule has 1 aromatic carbocycles. The Morgan fingerprint density at radius 3 is 2.51 bits per heavy atom. The highest BCUT2D eigenvalue weighted by molar-refractivity contribution is 9.10. The molecule has 1 N–H and O–H groups in total. The molecule has 0 aliphatic rings. The van der Waals surface area contributed by atoms with Crippen molar-refractivity contribution >= 4 is 40.5 Å². The van der Waals surface area contributed by atoms with Gasteiger partial charge in [0, 0.05) is 40.0 Å². The van der Waals surface area contributed by atoms with E-state index in [1.807, 2.05) is 4.90 Å². The first-order valence-electron chi connectivity index (χ1n) is 13.2. The summed E-state index contributed by atoms with van der Waals surface area (Å²) in [7, 11) is 2.17. The summed E-state index contributed by atoms with van der Waals surface area (Å²) in [4.78, 5) is 27.5. The molecule has 0 fully saturated rings. The third kappa shape index (κ3) is 9.22. The van der Waals surface area contributed by atoms with Crippen molar-refractivity contribution in [3.05, 3.63) is 67.2 Å². The molecule has 0 aliphatic carbocycles. The van der Waals surface area contributed by atoms with Crippen LogP contribution in [-0.2, 0) is 24.2 Å². The second-order valence-corrected chi connectivity index (χ2v) is 18.0. The van der Waals surface area contributed by atoms with Crippen LogP contribution in [0.3, 0.4) is 0 Å². The predicted molar refractivity (Wildman–Crippen MR) is 159 cm³/mol. The van der Waals surface area contributed by atoms with E-state index in [9.17, 15) is 27.2 Å². The van der Waals surface area contributed by atoms with Gasteiger partial charge >= 0.3 is 6.18 Å². The number of ether oxygens (including phenoxy) is 1. The Morgan fingerprint density at radius 1 is 1.17 bits per heavy atom. The van der Waals surface area contributed by atoms with Crippen LogP contribution in [-0.4, -0.2) is 60.6 Å². The number of nitrogens with zero attached hydrogens (tertiary/aromatic N) is 4. The number of fused-ring (bicyclic) bond motifs is 1. The van der Waals surface area contributed by atoms with Crippen molar-refractivity contribution < 1.29 is 22.3 Å². The summed E-state index contributed by atoms with van der Waals surface area (Å²) in [6.45, 7) is 7.05. The summed E-state index contributed by atoms with van der Waals surface area (Å²) in [5.74, 6) is -0.545. The Bertz CT molecular complexity index is 1470. The van der Waals surface area contributed by atoms with Crippen molar-refractivity contribution in [3.8, 4) is 0 Å². The summed E-state index contributed by atoms with van der Waals surface area (Å²) in [6.07, 6.45) is -1.46. The lowest BCUT2D eigenvalue weighted by Gasteiger charge is -2.25. The van der Waals surface area contributed by atoms with Crippen LogP contribution >= 0.6 is 15.9 Å². The van der Waals surface area contributed by atoms with Crippen LogP contribution in [0.2, 0.25) is 25.7 Å². The molecule has 0 amide bonds. The van der Waals surface area contributed by atoms with Crippen LogP contribution in [0.5, 0.6) is 0 Å². The Morgan fingerprint density at radius 2 is 1.88 bits per heavy atom. The molecular weight excluding hydrogens is 626 g/mol. The summed E-state index contributed by atoms with van der Waals surface area (Å²) in [6, 6.07) is 4.74. The van der Waals surface area contributed by atoms with Crippen LogP contribution in [0.1, 0.15) is 18.4 Å². The summed E-state index contributed by atoms with van der Waals surface area (Å²) in [5.41, 5.74) is -3.37. The molecule has 3 rings (SSSR count). The molecule has 0 radical (unpaired) electrons. The van der Waals surface area contributed by atoms with Gasteiger partial charge in [-0.05, 0) is 72.5 Å². The van der Waals surface area contributed by atoms with Gasteiger partial charge < -0.3 is 19.5 Å². The maximum atomic E-state index is 14.1. The Balaban J connectivity index is 1.77. The minimum absolute atomic E-state index is 0.238. The fourth-order valence-electron chi connectivity index (χ4n) is 4.33. The van der Waals surface area contributed by atoms with Crippen molar-refractivity contribution in [2.45, 2.75) is 64.0 Å². The minimum Gasteiger partial charge on any atom is -0.379 e. The topological polar surface area (TPSA) is 81.4 Å². The molecule has 226 valence electrons. The first-order valence-corrected chi connectivity index (χ1v) is 17.7. The number of rotatable bonds is 13. The molecule has 0 spiro atoms. The largest absolute Gasteiger partial charge is 0.423 e. The Hall–Kier alpha value is -2.55. The lowest BCUT2D eigenvalue weighted by Crippen LogP contribution is -2.37. The van der Waals surface area contributed by atoms with Gasteiger partial charge in [0.15, 0.2) is 0 Å². The number of benzene rings is 1. The normalized spacial score (nSPS) is 13.2. The highest BCUT2D eigenvalue weighted by Crippen LogP contribution is 2.32. The zero-order chi connectivity index (χ0) is 30.5. The fourth-order valence-corrected chi connectivity index (χ4v) is 5.44. The average Bonchev–Trinajstić information content (AvgIpc) is 2.84. The Labute approximate surface area is 245 Å². The van der Waals surface area contributed by atoms with Crippen molar-refractivity contribution in [2.24, 2.45) is 0 Å². The monoisotopic (exact) mass is 661 g/mol. The van der Waals surface area contributed by atoms with Gasteiger partial charge in [0.1, 0.15) is 18.1 Å². The molecule has 2 heterocycles. The average molecular weight is 663 g/mol. The first kappa shape index (κ1) is 33.0. The number of alkyl halides is 3. The van der Waals surface area contributed by atoms with Crippen LogP contribution in [0.15, 0.2) is 44.7 Å². The molecule has 1 atom stereocenters. The SMILES string of the molecule is CN(C)CC(CCCn1ccc2cc(Br)c(F)cc2c1=O)Nc1cnn(COCC[Si](C)(C)C)c(=O)c1C(F)(F)F. The molecule has 0 saturated carbocycles. The molecule has 41 heavy (non-hydrogen) atoms. The van der Waals surface area contributed by atoms with Gasteiger partial charge in [-0.15, -0.1) is 0 Å². The maximum absolute atomic E-state index is 14.1. The minimum atomic E-state index is -4.91. The lowest BCUT2D eigenvalue weighted by atomic mass is 10.1. The number of nitrogens with one attached hydrogen (secondary N) is 1. The third-order valence-corrected chi connectivity index (χ3v) is 8.76. The van der Waals surface area contributed by atoms with Crippen molar-refractivity contribution in [3.63, 3.8) is 0 Å². The van der Waals surface area contributed by atoms with Crippen LogP contribution < -0.4 is 16.4 Å². The van der Waals surface area contributed by atoms with Gasteiger partial charge in [-0.1, -0.05) is 19.6 Å². The molecular formula is C27H36BrF4N5O3Si. The number of hydrogen-bond acceptors (Lipinski definition) is 6. The molecule has 0 bridgehead atoms. The molecule has 0 aliphatic heterocycles. The van der Waals surface area contributed by atoms with E-state index in [2.05, 4.69) is 46.0 Å². The summed E-state index contributed by atoms with van der Waals surface area (Å²) >= 11 is 3.11. The predicted octanol–water partition coefficient (Wildman–Crippen LogP) is 5.61. The van der Waals surface area contributed by atoms with E-state index >= 15 is 0 Å². The van der Waals surface area contributed by atoms with Gasteiger partial charge in [0.2, 0.25) is 0 Å². The number of aromatic nitrogens is 3. The maximum Gasteiger partial charge on any atom is 0.423 e. The van der Waals surface area contributed by atoms with Crippen LogP contribution in [0.4, 0.5) is 23.2 Å². The van der Waals surface area contributed by atoms with E-state index in [-0.39, 0.29) is 28.7 Å². The smallest absolute Gasteiger partial charge is 0.379 e. The van der Waals surface area contributed by atoms with Gasteiger partial charge in [-0.25, -0.2) is 9.07 Å². The molecule has 0 saturated heterocycles. The van der Waals surface area contributed by atoms with E-state index in [1.165, 1.54) is 16.7 Å². The molecule has 14 heteroatoms. The molecule has 8 nitrogen and oxygen atoms in total. The molecule has 3 aromatic rings. The van der Waals surface area contributed by atoms with Crippen molar-refractivity contribution in [2.75, 3.05) is 32.6 Å². The number of aryl methyl sites for hydroxylation is 1. The Kier molecular flexibility index (Phi) is 10.9. The van der Waals surface area contributed by atoms with E-state index < -0.39 is 42.9 Å². The number of pyridine rings is 1. The van der Waals surface area contributed by atoms with E-state index in [1.54, 1.807) is 26.4 Å². The number of halogens is 5. The quantitative estimate of drug-likeness (QED) is 0.146. The fraction of sp³-hybridized carbons (Fsp3) is 0.519. The van der Waals surface area contributed by atoms with Gasteiger partial charge in [0.05, 0.1) is 21.7 Å². The highest BCUT2D eigenvalue weighted by atomic mass is 79.9. The van der Waals surface area contributed by atoms with E-state index in [0.29, 0.717) is 36.1 Å². The van der Waals surface area contributed by atoms with E-state index in [0.717, 1.165) is 12.2 Å². The first-order chi connectivity index (χ1) is 19.1. The third-order valence-electron chi connectivity index (χ3n) is 6.45. The summed E-state index contributed by atoms with van der Waals surface area (Å²) in [5, 5.41) is 7.64. The summed E-state index contributed by atoms with van der Waals surface area (Å²) < 4.78 is 64.0. The second-order valence-electron chi connectivity index (χ2n) is 11.5. The standard InChI is InChI=1S/C27H36BrF4N5O3Si/c1-35(2)16-19(7-6-9-36-10-8-18-13-21(28)22(29)14-20(18)25(36)38)34-23-15-33-37(17-40-11-12-41(3,4)5)26(39)24(23)27(30,31)32/h8,10,13-15,19,34H,6-7,9,11-12,16-17H2,1-5H3. The zero-order valence-electron chi connectivity index (χ0n) is 23.8. The molecule has 2 aromatic heterocycles. The number of likely N-dealkylation sites (N-methyl/N-ethyl adjacent to an activating group) is 1. The number of anilines is 1. The van der Waals surface area contributed by atoms with Gasteiger partial charge in [-0.3, -0.25) is 9.59 Å². The van der Waals surface area contributed by atoms with Crippen molar-refractivity contribution in [1.29, 1.82) is 0 Å². The van der Waals surface area contributed by atoms with E-state index in [4.69, 9.17) is 4.74 Å². The van der Waals surface area contributed by atoms with Gasteiger partial charge in [0.25, 0.3) is 11.1 Å². The van der Waals surface area contributed by atoms with Crippen LogP contribution in [0, 0.1) is 5.82 Å². The van der Waals surface area contributed by atoms with Crippen molar-refractivity contribution in [1.82, 2.24) is 19.2 Å². The number of hydrogen-bond donors (Lipinski definition) is 1. The van der Waals surface area contributed by atoms with Gasteiger partial charge in [-0.2, -0.15) is 18.3 Å². The van der Waals surface area contributed by atoms with Crippen LogP contribution in [0.25, 0.3) is 10.8 Å². The zero-order valence-corrected chi connectivity index (χ0v) is 26.4. The second kappa shape index (κ2) is 13.6. The highest BCUT2D eigenvalue weighted by Gasteiger charge is 2.38.